The van der Waals surface area contributed by atoms with E-state index in [9.17, 15) is 14.7 Å². The molecule has 5 heteroatoms. The maximum atomic E-state index is 13.4. The van der Waals surface area contributed by atoms with Gasteiger partial charge in [-0.2, -0.15) is 0 Å². The van der Waals surface area contributed by atoms with Crippen LogP contribution in [0.2, 0.25) is 0 Å². The zero-order valence-electron chi connectivity index (χ0n) is 19.5. The minimum Gasteiger partial charge on any atom is -0.507 e. The molecule has 1 aliphatic rings. The number of aryl methyl sites for hydroxylation is 4. The number of carbonyl (C=O) groups is 2. The number of benzene rings is 3. The highest BCUT2D eigenvalue weighted by Gasteiger charge is 2.48. The molecule has 1 aliphatic heterocycles. The molecule has 1 N–H and O–H groups in total. The highest BCUT2D eigenvalue weighted by Crippen LogP contribution is 2.45. The molecule has 1 atom stereocenters. The molecule has 1 fully saturated rings. The van der Waals surface area contributed by atoms with E-state index in [0.29, 0.717) is 22.6 Å². The van der Waals surface area contributed by atoms with Crippen molar-refractivity contribution in [2.24, 2.45) is 0 Å². The smallest absolute Gasteiger partial charge is 0.300 e. The van der Waals surface area contributed by atoms with Crippen LogP contribution in [0.5, 0.6) is 5.75 Å². The lowest BCUT2D eigenvalue weighted by Crippen LogP contribution is -2.30. The van der Waals surface area contributed by atoms with E-state index in [4.69, 9.17) is 4.74 Å². The van der Waals surface area contributed by atoms with Crippen LogP contribution in [-0.4, -0.2) is 23.9 Å². The van der Waals surface area contributed by atoms with Crippen molar-refractivity contribution in [1.29, 1.82) is 0 Å². The maximum Gasteiger partial charge on any atom is 0.300 e. The quantitative estimate of drug-likeness (QED) is 0.327. The summed E-state index contributed by atoms with van der Waals surface area (Å²) in [5, 5.41) is 11.3. The number of ether oxygens (including phenoxy) is 1. The average Bonchev–Trinajstić information content (AvgIpc) is 3.05. The zero-order chi connectivity index (χ0) is 23.9. The Kier molecular flexibility index (Phi) is 5.81. The number of ketones is 1. The number of carbonyl (C=O) groups excluding carboxylic acids is 2. The minimum absolute atomic E-state index is 0.0488. The Balaban J connectivity index is 2.01. The number of aliphatic hydroxyl groups is 1. The summed E-state index contributed by atoms with van der Waals surface area (Å²) >= 11 is 0. The molecule has 1 amide bonds. The summed E-state index contributed by atoms with van der Waals surface area (Å²) < 4.78 is 5.58. The van der Waals surface area contributed by atoms with Crippen LogP contribution in [-0.2, 0) is 9.59 Å². The van der Waals surface area contributed by atoms with Gasteiger partial charge in [-0.25, -0.2) is 0 Å². The third kappa shape index (κ3) is 3.80. The van der Waals surface area contributed by atoms with Crippen molar-refractivity contribution in [3.8, 4) is 5.75 Å². The van der Waals surface area contributed by atoms with Gasteiger partial charge < -0.3 is 9.84 Å². The van der Waals surface area contributed by atoms with Gasteiger partial charge in [0.25, 0.3) is 11.7 Å². The van der Waals surface area contributed by atoms with Gasteiger partial charge >= 0.3 is 0 Å². The van der Waals surface area contributed by atoms with Gasteiger partial charge in [-0.05, 0) is 62.6 Å². The molecule has 0 bridgehead atoms. The van der Waals surface area contributed by atoms with Crippen molar-refractivity contribution >= 4 is 23.1 Å². The van der Waals surface area contributed by atoms with Gasteiger partial charge in [0.15, 0.2) is 0 Å². The van der Waals surface area contributed by atoms with E-state index in [1.54, 1.807) is 19.2 Å². The van der Waals surface area contributed by atoms with Crippen LogP contribution in [0.15, 0.2) is 66.2 Å². The van der Waals surface area contributed by atoms with E-state index >= 15 is 0 Å². The lowest BCUT2D eigenvalue weighted by molar-refractivity contribution is -0.132. The van der Waals surface area contributed by atoms with E-state index in [1.165, 1.54) is 4.90 Å². The third-order valence-corrected chi connectivity index (χ3v) is 6.27. The number of hydrogen-bond donors (Lipinski definition) is 1. The number of rotatable bonds is 4. The van der Waals surface area contributed by atoms with Gasteiger partial charge in [0.2, 0.25) is 0 Å². The summed E-state index contributed by atoms with van der Waals surface area (Å²) in [6.07, 6.45) is 0. The molecule has 0 aliphatic carbocycles. The average molecular weight is 442 g/mol. The number of hydrogen-bond acceptors (Lipinski definition) is 4. The van der Waals surface area contributed by atoms with Crippen molar-refractivity contribution in [2.75, 3.05) is 12.0 Å². The fourth-order valence-electron chi connectivity index (χ4n) is 4.39. The molecule has 0 aromatic heterocycles. The van der Waals surface area contributed by atoms with Crippen LogP contribution < -0.4 is 9.64 Å². The number of methoxy groups -OCH3 is 1. The van der Waals surface area contributed by atoms with Crippen molar-refractivity contribution in [2.45, 2.75) is 33.7 Å². The Morgan fingerprint density at radius 3 is 2.27 bits per heavy atom. The molecule has 0 spiro atoms. The third-order valence-electron chi connectivity index (χ3n) is 6.27. The minimum atomic E-state index is -0.829. The van der Waals surface area contributed by atoms with Crippen LogP contribution in [0, 0.1) is 27.7 Å². The van der Waals surface area contributed by atoms with Gasteiger partial charge in [-0.15, -0.1) is 0 Å². The van der Waals surface area contributed by atoms with E-state index in [2.05, 4.69) is 0 Å². The molecule has 168 valence electrons. The Labute approximate surface area is 193 Å². The van der Waals surface area contributed by atoms with Crippen LogP contribution in [0.25, 0.3) is 5.76 Å². The Bertz CT molecular complexity index is 1300. The van der Waals surface area contributed by atoms with E-state index in [1.807, 2.05) is 76.2 Å². The van der Waals surface area contributed by atoms with E-state index in [-0.39, 0.29) is 11.3 Å². The van der Waals surface area contributed by atoms with Crippen LogP contribution in [0.4, 0.5) is 5.69 Å². The number of para-hydroxylation sites is 1. The first kappa shape index (κ1) is 22.3. The van der Waals surface area contributed by atoms with Gasteiger partial charge in [0.1, 0.15) is 11.5 Å². The SMILES string of the molecule is COc1ccccc1C1/C(=C(\O)c2ccc(C)c(C)c2)C(=O)C(=O)N1c1ccc(C)cc1C. The first-order chi connectivity index (χ1) is 15.7. The first-order valence-electron chi connectivity index (χ1n) is 10.8. The Hall–Kier alpha value is -3.86. The molecule has 1 saturated heterocycles. The number of Topliss-reactive ketones (excluding diaryl/α,β-unsaturated/α-hetero) is 1. The molecule has 33 heavy (non-hydrogen) atoms. The second kappa shape index (κ2) is 8.58. The number of aliphatic hydroxyl groups excluding tert-OH is 1. The fraction of sp³-hybridized carbons (Fsp3) is 0.214. The summed E-state index contributed by atoms with van der Waals surface area (Å²) in [6, 6.07) is 17.6. The lowest BCUT2D eigenvalue weighted by atomic mass is 9.93. The largest absolute Gasteiger partial charge is 0.507 e. The second-order valence-electron chi connectivity index (χ2n) is 8.50. The van der Waals surface area contributed by atoms with Crippen LogP contribution in [0.1, 0.15) is 39.4 Å². The molecule has 0 saturated carbocycles. The zero-order valence-corrected chi connectivity index (χ0v) is 19.5. The highest BCUT2D eigenvalue weighted by atomic mass is 16.5. The standard InChI is InChI=1S/C28H27NO4/c1-16-10-13-22(19(4)14-16)29-25(21-8-6-7-9-23(21)33-5)24(27(31)28(29)32)26(30)20-12-11-17(2)18(3)15-20/h6-15,25,30H,1-5H3/b26-24+. The summed E-state index contributed by atoms with van der Waals surface area (Å²) in [5.41, 5.74) is 5.77. The second-order valence-corrected chi connectivity index (χ2v) is 8.50. The highest BCUT2D eigenvalue weighted by molar-refractivity contribution is 6.51. The van der Waals surface area contributed by atoms with E-state index in [0.717, 1.165) is 22.3 Å². The van der Waals surface area contributed by atoms with Gasteiger partial charge in [0, 0.05) is 16.8 Å². The summed E-state index contributed by atoms with van der Waals surface area (Å²) in [4.78, 5) is 28.2. The predicted molar refractivity (Wildman–Crippen MR) is 130 cm³/mol. The summed E-state index contributed by atoms with van der Waals surface area (Å²) in [7, 11) is 1.55. The molecule has 4 rings (SSSR count). The molecule has 1 heterocycles. The predicted octanol–water partition coefficient (Wildman–Crippen LogP) is 5.56. The number of nitrogens with zero attached hydrogens (tertiary/aromatic N) is 1. The van der Waals surface area contributed by atoms with Gasteiger partial charge in [0.05, 0.1) is 18.7 Å². The van der Waals surface area contributed by atoms with Crippen molar-refractivity contribution in [3.63, 3.8) is 0 Å². The Morgan fingerprint density at radius 1 is 0.879 bits per heavy atom. The van der Waals surface area contributed by atoms with Gasteiger partial charge in [-0.1, -0.05) is 48.0 Å². The number of anilines is 1. The molecule has 5 nitrogen and oxygen atoms in total. The molecule has 3 aromatic carbocycles. The van der Waals surface area contributed by atoms with Crippen LogP contribution >= 0.6 is 0 Å². The van der Waals surface area contributed by atoms with Gasteiger partial charge in [-0.3, -0.25) is 14.5 Å². The summed E-state index contributed by atoms with van der Waals surface area (Å²) in [6.45, 7) is 7.80. The number of amides is 1. The molecular formula is C28H27NO4. The van der Waals surface area contributed by atoms with Crippen molar-refractivity contribution in [3.05, 3.63) is 99.6 Å². The maximum absolute atomic E-state index is 13.4. The van der Waals surface area contributed by atoms with Crippen molar-refractivity contribution < 1.29 is 19.4 Å². The van der Waals surface area contributed by atoms with E-state index < -0.39 is 17.7 Å². The molecular weight excluding hydrogens is 414 g/mol. The van der Waals surface area contributed by atoms with Crippen LogP contribution in [0.3, 0.4) is 0 Å². The fourth-order valence-corrected chi connectivity index (χ4v) is 4.39. The normalized spacial score (nSPS) is 17.5. The topological polar surface area (TPSA) is 66.8 Å². The molecule has 0 radical (unpaired) electrons. The van der Waals surface area contributed by atoms with Crippen molar-refractivity contribution in [1.82, 2.24) is 0 Å². The lowest BCUT2D eigenvalue weighted by Gasteiger charge is -2.28. The molecule has 3 aromatic rings. The molecule has 1 unspecified atom stereocenters. The summed E-state index contributed by atoms with van der Waals surface area (Å²) in [5.74, 6) is -1.06. The Morgan fingerprint density at radius 2 is 1.61 bits per heavy atom. The first-order valence-corrected chi connectivity index (χ1v) is 10.8. The monoisotopic (exact) mass is 441 g/mol.